The topological polar surface area (TPSA) is 49.8 Å². The molecule has 0 amide bonds. The molecule has 0 aliphatic rings. The molecule has 0 heterocycles. The molecule has 0 atom stereocenters. The summed E-state index contributed by atoms with van der Waals surface area (Å²) in [6.07, 6.45) is 0. The van der Waals surface area contributed by atoms with Crippen molar-refractivity contribution in [3.63, 3.8) is 0 Å². The lowest BCUT2D eigenvalue weighted by atomic mass is 10.2. The van der Waals surface area contributed by atoms with Crippen LogP contribution in [0.5, 0.6) is 0 Å². The molecule has 2 aromatic rings. The Balaban J connectivity index is 2.02. The quantitative estimate of drug-likeness (QED) is 0.676. The van der Waals surface area contributed by atoms with Crippen molar-refractivity contribution in [1.82, 2.24) is 0 Å². The first-order chi connectivity index (χ1) is 8.69. The predicted molar refractivity (Wildman–Crippen MR) is 71.5 cm³/mol. The smallest absolute Gasteiger partial charge is 0.147 e. The zero-order valence-electron chi connectivity index (χ0n) is 9.56. The summed E-state index contributed by atoms with van der Waals surface area (Å²) in [5.41, 5.74) is 7.31. The van der Waals surface area contributed by atoms with Gasteiger partial charge in [-0.05, 0) is 35.9 Å². The molecule has 0 aliphatic carbocycles. The Labute approximate surface area is 109 Å². The Morgan fingerprint density at radius 2 is 1.89 bits per heavy atom. The SMILES string of the molecule is N#Cc1ccc(CSc2ccc(N)c(F)c2)cc1. The summed E-state index contributed by atoms with van der Waals surface area (Å²) in [4.78, 5) is 0.839. The van der Waals surface area contributed by atoms with Gasteiger partial charge in [0.1, 0.15) is 5.82 Å². The number of hydrogen-bond donors (Lipinski definition) is 1. The summed E-state index contributed by atoms with van der Waals surface area (Å²) in [6, 6.07) is 14.2. The van der Waals surface area contributed by atoms with E-state index in [0.29, 0.717) is 5.56 Å². The van der Waals surface area contributed by atoms with Crippen molar-refractivity contribution < 1.29 is 4.39 Å². The molecule has 0 bridgehead atoms. The van der Waals surface area contributed by atoms with Crippen molar-refractivity contribution >= 4 is 17.4 Å². The van der Waals surface area contributed by atoms with Crippen molar-refractivity contribution in [2.75, 3.05) is 5.73 Å². The highest BCUT2D eigenvalue weighted by molar-refractivity contribution is 7.98. The van der Waals surface area contributed by atoms with Gasteiger partial charge in [-0.25, -0.2) is 4.39 Å². The van der Waals surface area contributed by atoms with Crippen molar-refractivity contribution in [2.24, 2.45) is 0 Å². The van der Waals surface area contributed by atoms with Crippen LogP contribution >= 0.6 is 11.8 Å². The second kappa shape index (κ2) is 5.56. The number of halogens is 1. The van der Waals surface area contributed by atoms with Gasteiger partial charge in [0.15, 0.2) is 0 Å². The maximum atomic E-state index is 13.2. The molecule has 90 valence electrons. The van der Waals surface area contributed by atoms with Crippen LogP contribution in [0, 0.1) is 17.1 Å². The van der Waals surface area contributed by atoms with Gasteiger partial charge in [0.05, 0.1) is 17.3 Å². The summed E-state index contributed by atoms with van der Waals surface area (Å²) >= 11 is 1.53. The summed E-state index contributed by atoms with van der Waals surface area (Å²) in [7, 11) is 0. The van der Waals surface area contributed by atoms with Gasteiger partial charge in [-0.2, -0.15) is 5.26 Å². The van der Waals surface area contributed by atoms with E-state index in [2.05, 4.69) is 6.07 Å². The minimum absolute atomic E-state index is 0.165. The molecular formula is C14H11FN2S. The first kappa shape index (κ1) is 12.5. The number of nitrogens with zero attached hydrogens (tertiary/aromatic N) is 1. The molecule has 0 radical (unpaired) electrons. The monoisotopic (exact) mass is 258 g/mol. The molecule has 0 saturated carbocycles. The fourth-order valence-corrected chi connectivity index (χ4v) is 2.32. The van der Waals surface area contributed by atoms with Crippen LogP contribution < -0.4 is 5.73 Å². The van der Waals surface area contributed by atoms with Crippen molar-refractivity contribution in [2.45, 2.75) is 10.6 Å². The minimum Gasteiger partial charge on any atom is -0.396 e. The summed E-state index contributed by atoms with van der Waals surface area (Å²) < 4.78 is 13.2. The predicted octanol–water partition coefficient (Wildman–Crippen LogP) is 3.57. The number of nitriles is 1. The Kier molecular flexibility index (Phi) is 3.85. The highest BCUT2D eigenvalue weighted by Crippen LogP contribution is 2.25. The van der Waals surface area contributed by atoms with Crippen LogP contribution in [0.1, 0.15) is 11.1 Å². The largest absolute Gasteiger partial charge is 0.396 e. The number of anilines is 1. The van der Waals surface area contributed by atoms with E-state index in [9.17, 15) is 4.39 Å². The third kappa shape index (κ3) is 3.02. The van der Waals surface area contributed by atoms with Gasteiger partial charge in [-0.1, -0.05) is 12.1 Å². The fraction of sp³-hybridized carbons (Fsp3) is 0.0714. The van der Waals surface area contributed by atoms with Gasteiger partial charge in [0, 0.05) is 10.6 Å². The van der Waals surface area contributed by atoms with Crippen LogP contribution in [-0.2, 0) is 5.75 Å². The van der Waals surface area contributed by atoms with Gasteiger partial charge in [-0.15, -0.1) is 11.8 Å². The average molecular weight is 258 g/mol. The molecule has 0 fully saturated rings. The second-order valence-corrected chi connectivity index (χ2v) is 4.83. The van der Waals surface area contributed by atoms with Crippen LogP contribution in [0.3, 0.4) is 0 Å². The van der Waals surface area contributed by atoms with Crippen molar-refractivity contribution in [3.05, 3.63) is 59.4 Å². The number of hydrogen-bond acceptors (Lipinski definition) is 3. The molecule has 0 spiro atoms. The van der Waals surface area contributed by atoms with Gasteiger partial charge in [0.25, 0.3) is 0 Å². The zero-order chi connectivity index (χ0) is 13.0. The maximum Gasteiger partial charge on any atom is 0.147 e. The number of thioether (sulfide) groups is 1. The highest BCUT2D eigenvalue weighted by atomic mass is 32.2. The van der Waals surface area contributed by atoms with E-state index in [0.717, 1.165) is 16.2 Å². The third-order valence-electron chi connectivity index (χ3n) is 2.46. The molecule has 18 heavy (non-hydrogen) atoms. The van der Waals surface area contributed by atoms with Crippen LogP contribution in [0.4, 0.5) is 10.1 Å². The first-order valence-electron chi connectivity index (χ1n) is 5.36. The van der Waals surface area contributed by atoms with E-state index >= 15 is 0 Å². The van der Waals surface area contributed by atoms with Gasteiger partial charge in [0.2, 0.25) is 0 Å². The van der Waals surface area contributed by atoms with Gasteiger partial charge < -0.3 is 5.73 Å². The molecule has 0 saturated heterocycles. The summed E-state index contributed by atoms with van der Waals surface area (Å²) in [6.45, 7) is 0. The number of nitrogens with two attached hydrogens (primary N) is 1. The molecule has 4 heteroatoms. The molecule has 2 nitrogen and oxygen atoms in total. The lowest BCUT2D eigenvalue weighted by Crippen LogP contribution is -1.90. The third-order valence-corrected chi connectivity index (χ3v) is 3.53. The van der Waals surface area contributed by atoms with E-state index in [1.165, 1.54) is 17.8 Å². The van der Waals surface area contributed by atoms with E-state index in [1.54, 1.807) is 24.3 Å². The number of rotatable bonds is 3. The Bertz CT molecular complexity index is 588. The van der Waals surface area contributed by atoms with E-state index in [4.69, 9.17) is 11.0 Å². The van der Waals surface area contributed by atoms with Crippen LogP contribution in [0.15, 0.2) is 47.4 Å². The molecule has 2 aromatic carbocycles. The standard InChI is InChI=1S/C14H11FN2S/c15-13-7-12(5-6-14(13)17)18-9-11-3-1-10(8-16)2-4-11/h1-7H,9,17H2. The number of nitrogen functional groups attached to an aromatic ring is 1. The summed E-state index contributed by atoms with van der Waals surface area (Å²) in [5, 5.41) is 8.68. The fourth-order valence-electron chi connectivity index (χ4n) is 1.44. The normalized spacial score (nSPS) is 10.0. The first-order valence-corrected chi connectivity index (χ1v) is 6.34. The second-order valence-electron chi connectivity index (χ2n) is 3.78. The van der Waals surface area contributed by atoms with Crippen molar-refractivity contribution in [1.29, 1.82) is 5.26 Å². The highest BCUT2D eigenvalue weighted by Gasteiger charge is 2.01. The van der Waals surface area contributed by atoms with Crippen LogP contribution in [-0.4, -0.2) is 0 Å². The van der Waals surface area contributed by atoms with Gasteiger partial charge in [-0.3, -0.25) is 0 Å². The van der Waals surface area contributed by atoms with E-state index in [1.807, 2.05) is 12.1 Å². The van der Waals surface area contributed by atoms with Gasteiger partial charge >= 0.3 is 0 Å². The molecule has 0 unspecified atom stereocenters. The average Bonchev–Trinajstić information content (AvgIpc) is 2.41. The Hall–Kier alpha value is -1.99. The lowest BCUT2D eigenvalue weighted by Gasteiger charge is -2.03. The lowest BCUT2D eigenvalue weighted by molar-refractivity contribution is 0.629. The molecule has 0 aliphatic heterocycles. The van der Waals surface area contributed by atoms with Crippen LogP contribution in [0.25, 0.3) is 0 Å². The Morgan fingerprint density at radius 1 is 1.17 bits per heavy atom. The Morgan fingerprint density at radius 3 is 2.50 bits per heavy atom. The molecule has 0 aromatic heterocycles. The molecule has 2 N–H and O–H groups in total. The molecular weight excluding hydrogens is 247 g/mol. The van der Waals surface area contributed by atoms with Crippen molar-refractivity contribution in [3.8, 4) is 6.07 Å². The van der Waals surface area contributed by atoms with E-state index in [-0.39, 0.29) is 11.5 Å². The minimum atomic E-state index is -0.389. The summed E-state index contributed by atoms with van der Waals surface area (Å²) in [5.74, 6) is 0.342. The van der Waals surface area contributed by atoms with Crippen LogP contribution in [0.2, 0.25) is 0 Å². The number of benzene rings is 2. The van der Waals surface area contributed by atoms with E-state index < -0.39 is 0 Å². The molecule has 2 rings (SSSR count). The zero-order valence-corrected chi connectivity index (χ0v) is 10.4. The maximum absolute atomic E-state index is 13.2.